The topological polar surface area (TPSA) is 61.5 Å². The maximum atomic E-state index is 12.1. The van der Waals surface area contributed by atoms with Gasteiger partial charge in [-0.2, -0.15) is 0 Å². The molecular formula is C14H21NO3. The quantitative estimate of drug-likeness (QED) is 0.622. The van der Waals surface area contributed by atoms with Crippen molar-refractivity contribution in [2.75, 3.05) is 6.61 Å². The second-order valence-corrected chi connectivity index (χ2v) is 4.40. The van der Waals surface area contributed by atoms with E-state index in [1.165, 1.54) is 0 Å². The molecular weight excluding hydrogens is 230 g/mol. The van der Waals surface area contributed by atoms with E-state index in [-0.39, 0.29) is 6.10 Å². The Morgan fingerprint density at radius 1 is 1.33 bits per heavy atom. The summed E-state index contributed by atoms with van der Waals surface area (Å²) in [7, 11) is 0. The van der Waals surface area contributed by atoms with Gasteiger partial charge in [0.1, 0.15) is 0 Å². The Labute approximate surface area is 108 Å². The zero-order valence-corrected chi connectivity index (χ0v) is 11.2. The van der Waals surface area contributed by atoms with E-state index in [1.807, 2.05) is 25.1 Å². The van der Waals surface area contributed by atoms with Crippen LogP contribution in [0.4, 0.5) is 0 Å². The SMILES string of the molecule is CCCOC(N)(C(=O)OC(C)C)c1ccccc1. The van der Waals surface area contributed by atoms with Gasteiger partial charge in [0.2, 0.25) is 5.72 Å². The van der Waals surface area contributed by atoms with Gasteiger partial charge in [-0.05, 0) is 20.3 Å². The Morgan fingerprint density at radius 3 is 2.44 bits per heavy atom. The fourth-order valence-corrected chi connectivity index (χ4v) is 1.51. The molecule has 4 nitrogen and oxygen atoms in total. The minimum absolute atomic E-state index is 0.227. The molecule has 0 aromatic heterocycles. The van der Waals surface area contributed by atoms with Gasteiger partial charge in [-0.25, -0.2) is 4.79 Å². The van der Waals surface area contributed by atoms with Gasteiger partial charge in [0.05, 0.1) is 6.10 Å². The van der Waals surface area contributed by atoms with Crippen molar-refractivity contribution < 1.29 is 14.3 Å². The van der Waals surface area contributed by atoms with Gasteiger partial charge < -0.3 is 9.47 Å². The molecule has 0 heterocycles. The molecule has 1 aromatic rings. The van der Waals surface area contributed by atoms with Crippen molar-refractivity contribution in [2.24, 2.45) is 5.73 Å². The van der Waals surface area contributed by atoms with Gasteiger partial charge in [0, 0.05) is 12.2 Å². The Kier molecular flexibility index (Phi) is 5.31. The van der Waals surface area contributed by atoms with Crippen LogP contribution in [0.15, 0.2) is 30.3 Å². The number of nitrogens with two attached hydrogens (primary N) is 1. The van der Waals surface area contributed by atoms with Crippen molar-refractivity contribution in [3.63, 3.8) is 0 Å². The zero-order chi connectivity index (χ0) is 13.6. The Bertz CT molecular complexity index is 378. The number of ether oxygens (including phenoxy) is 2. The molecule has 0 saturated heterocycles. The maximum Gasteiger partial charge on any atom is 0.358 e. The lowest BCUT2D eigenvalue weighted by Gasteiger charge is -2.28. The summed E-state index contributed by atoms with van der Waals surface area (Å²) in [6, 6.07) is 9.01. The molecule has 0 saturated carbocycles. The predicted molar refractivity (Wildman–Crippen MR) is 69.8 cm³/mol. The smallest absolute Gasteiger partial charge is 0.358 e. The lowest BCUT2D eigenvalue weighted by molar-refractivity contribution is -0.178. The number of hydrogen-bond donors (Lipinski definition) is 1. The van der Waals surface area contributed by atoms with E-state index in [4.69, 9.17) is 15.2 Å². The fourth-order valence-electron chi connectivity index (χ4n) is 1.51. The van der Waals surface area contributed by atoms with Crippen LogP contribution in [0, 0.1) is 0 Å². The number of rotatable bonds is 6. The van der Waals surface area contributed by atoms with Crippen molar-refractivity contribution in [1.29, 1.82) is 0 Å². The first-order chi connectivity index (χ1) is 8.50. The molecule has 1 rings (SSSR count). The third-order valence-electron chi connectivity index (χ3n) is 2.38. The first kappa shape index (κ1) is 14.7. The molecule has 2 N–H and O–H groups in total. The van der Waals surface area contributed by atoms with Gasteiger partial charge >= 0.3 is 5.97 Å². The fraction of sp³-hybridized carbons (Fsp3) is 0.500. The third-order valence-corrected chi connectivity index (χ3v) is 2.38. The molecule has 18 heavy (non-hydrogen) atoms. The van der Waals surface area contributed by atoms with Crippen molar-refractivity contribution in [3.05, 3.63) is 35.9 Å². The molecule has 1 unspecified atom stereocenters. The number of esters is 1. The highest BCUT2D eigenvalue weighted by Crippen LogP contribution is 2.22. The molecule has 4 heteroatoms. The standard InChI is InChI=1S/C14H21NO3/c1-4-10-17-14(15,13(16)18-11(2)3)12-8-6-5-7-9-12/h5-9,11H,4,10,15H2,1-3H3. The van der Waals surface area contributed by atoms with E-state index in [9.17, 15) is 4.79 Å². The second-order valence-electron chi connectivity index (χ2n) is 4.40. The highest BCUT2D eigenvalue weighted by Gasteiger charge is 2.39. The van der Waals surface area contributed by atoms with Crippen LogP contribution < -0.4 is 5.73 Å². The summed E-state index contributed by atoms with van der Waals surface area (Å²) in [6.45, 7) is 5.92. The van der Waals surface area contributed by atoms with Crippen LogP contribution in [0.1, 0.15) is 32.8 Å². The average Bonchev–Trinajstić information content (AvgIpc) is 2.36. The molecule has 1 aromatic carbocycles. The van der Waals surface area contributed by atoms with Gasteiger partial charge in [-0.3, -0.25) is 5.73 Å². The van der Waals surface area contributed by atoms with Crippen LogP contribution in [0.2, 0.25) is 0 Å². The lowest BCUT2D eigenvalue weighted by atomic mass is 10.0. The van der Waals surface area contributed by atoms with E-state index < -0.39 is 11.7 Å². The molecule has 0 aliphatic carbocycles. The first-order valence-electron chi connectivity index (χ1n) is 6.20. The monoisotopic (exact) mass is 251 g/mol. The summed E-state index contributed by atoms with van der Waals surface area (Å²) >= 11 is 0. The lowest BCUT2D eigenvalue weighted by Crippen LogP contribution is -2.49. The van der Waals surface area contributed by atoms with Crippen molar-refractivity contribution >= 4 is 5.97 Å². The predicted octanol–water partition coefficient (Wildman–Crippen LogP) is 2.18. The van der Waals surface area contributed by atoms with E-state index >= 15 is 0 Å². The van der Waals surface area contributed by atoms with Gasteiger partial charge in [0.15, 0.2) is 0 Å². The highest BCUT2D eigenvalue weighted by atomic mass is 16.6. The summed E-state index contributed by atoms with van der Waals surface area (Å²) in [5.74, 6) is -0.558. The third kappa shape index (κ3) is 3.55. The van der Waals surface area contributed by atoms with E-state index in [0.29, 0.717) is 12.2 Å². The highest BCUT2D eigenvalue weighted by molar-refractivity contribution is 5.80. The number of carbonyl (C=O) groups is 1. The van der Waals surface area contributed by atoms with Gasteiger partial charge in [-0.1, -0.05) is 37.3 Å². The van der Waals surface area contributed by atoms with Crippen LogP contribution in [0.25, 0.3) is 0 Å². The van der Waals surface area contributed by atoms with Gasteiger partial charge in [-0.15, -0.1) is 0 Å². The van der Waals surface area contributed by atoms with Gasteiger partial charge in [0.25, 0.3) is 0 Å². The Morgan fingerprint density at radius 2 is 1.94 bits per heavy atom. The summed E-state index contributed by atoms with van der Waals surface area (Å²) in [6.07, 6.45) is 0.551. The second kappa shape index (κ2) is 6.52. The molecule has 0 bridgehead atoms. The molecule has 0 radical (unpaired) electrons. The molecule has 100 valence electrons. The van der Waals surface area contributed by atoms with Crippen LogP contribution >= 0.6 is 0 Å². The average molecular weight is 251 g/mol. The summed E-state index contributed by atoms with van der Waals surface area (Å²) < 4.78 is 10.7. The molecule has 0 spiro atoms. The number of carbonyl (C=O) groups excluding carboxylic acids is 1. The summed E-state index contributed by atoms with van der Waals surface area (Å²) in [5, 5.41) is 0. The normalized spacial score (nSPS) is 14.3. The minimum Gasteiger partial charge on any atom is -0.460 e. The van der Waals surface area contributed by atoms with E-state index in [2.05, 4.69) is 0 Å². The minimum atomic E-state index is -1.53. The summed E-state index contributed by atoms with van der Waals surface area (Å²) in [5.41, 5.74) is 5.18. The van der Waals surface area contributed by atoms with Crippen LogP contribution in [-0.4, -0.2) is 18.7 Å². The maximum absolute atomic E-state index is 12.1. The van der Waals surface area contributed by atoms with E-state index in [0.717, 1.165) is 6.42 Å². The summed E-state index contributed by atoms with van der Waals surface area (Å²) in [4.78, 5) is 12.1. The van der Waals surface area contributed by atoms with Crippen LogP contribution in [0.3, 0.4) is 0 Å². The number of hydrogen-bond acceptors (Lipinski definition) is 4. The number of benzene rings is 1. The van der Waals surface area contributed by atoms with Crippen LogP contribution in [0.5, 0.6) is 0 Å². The largest absolute Gasteiger partial charge is 0.460 e. The van der Waals surface area contributed by atoms with Crippen molar-refractivity contribution in [2.45, 2.75) is 39.0 Å². The molecule has 1 atom stereocenters. The molecule has 0 fully saturated rings. The Hall–Kier alpha value is -1.39. The molecule has 0 aliphatic rings. The molecule has 0 amide bonds. The van der Waals surface area contributed by atoms with Crippen LogP contribution in [-0.2, 0) is 20.0 Å². The first-order valence-corrected chi connectivity index (χ1v) is 6.20. The van der Waals surface area contributed by atoms with E-state index in [1.54, 1.807) is 26.0 Å². The Balaban J connectivity index is 2.98. The van der Waals surface area contributed by atoms with Crippen molar-refractivity contribution in [3.8, 4) is 0 Å². The van der Waals surface area contributed by atoms with Crippen molar-refractivity contribution in [1.82, 2.24) is 0 Å². The zero-order valence-electron chi connectivity index (χ0n) is 11.2. The molecule has 0 aliphatic heterocycles.